The summed E-state index contributed by atoms with van der Waals surface area (Å²) in [6.07, 6.45) is 3.86. The number of guanidine groups is 1. The second kappa shape index (κ2) is 7.24. The van der Waals surface area contributed by atoms with Crippen molar-refractivity contribution < 1.29 is 0 Å². The maximum atomic E-state index is 6.04. The fraction of sp³-hybridized carbons (Fsp3) is 0.923. The van der Waals surface area contributed by atoms with E-state index in [-0.39, 0.29) is 0 Å². The Kier molecular flexibility index (Phi) is 5.63. The van der Waals surface area contributed by atoms with Crippen LogP contribution < -0.4 is 5.73 Å². The largest absolute Gasteiger partial charge is 0.370 e. The SMILES string of the molecule is CN1CCC(CCN=C(N)N2CCSCC2)CC1. The van der Waals surface area contributed by atoms with Gasteiger partial charge in [-0.25, -0.2) is 0 Å². The first-order valence-electron chi connectivity index (χ1n) is 7.07. The molecule has 0 radical (unpaired) electrons. The summed E-state index contributed by atoms with van der Waals surface area (Å²) in [6.45, 7) is 5.52. The molecule has 0 amide bonds. The molecule has 0 aromatic carbocycles. The molecule has 18 heavy (non-hydrogen) atoms. The standard InChI is InChI=1S/C13H26N4S/c1-16-6-3-12(4-7-16)2-5-15-13(14)17-8-10-18-11-9-17/h12H,2-11H2,1H3,(H2,14,15). The van der Waals surface area contributed by atoms with Crippen LogP contribution in [0.25, 0.3) is 0 Å². The van der Waals surface area contributed by atoms with Gasteiger partial charge < -0.3 is 15.5 Å². The van der Waals surface area contributed by atoms with E-state index in [9.17, 15) is 0 Å². The van der Waals surface area contributed by atoms with E-state index in [2.05, 4.69) is 21.8 Å². The zero-order chi connectivity index (χ0) is 12.8. The molecule has 0 atom stereocenters. The average Bonchev–Trinajstić information content (AvgIpc) is 2.42. The van der Waals surface area contributed by atoms with Gasteiger partial charge >= 0.3 is 0 Å². The number of nitrogens with zero attached hydrogens (tertiary/aromatic N) is 3. The summed E-state index contributed by atoms with van der Waals surface area (Å²) in [7, 11) is 2.21. The van der Waals surface area contributed by atoms with Crippen molar-refractivity contribution in [1.29, 1.82) is 0 Å². The summed E-state index contributed by atoms with van der Waals surface area (Å²) in [6, 6.07) is 0. The molecule has 0 unspecified atom stereocenters. The highest BCUT2D eigenvalue weighted by molar-refractivity contribution is 7.99. The predicted octanol–water partition coefficient (Wildman–Crippen LogP) is 1.08. The monoisotopic (exact) mass is 270 g/mol. The fourth-order valence-electron chi connectivity index (χ4n) is 2.60. The highest BCUT2D eigenvalue weighted by Crippen LogP contribution is 2.19. The summed E-state index contributed by atoms with van der Waals surface area (Å²) in [5.74, 6) is 3.99. The lowest BCUT2D eigenvalue weighted by atomic mass is 9.94. The summed E-state index contributed by atoms with van der Waals surface area (Å²) in [4.78, 5) is 9.20. The fourth-order valence-corrected chi connectivity index (χ4v) is 3.51. The van der Waals surface area contributed by atoms with Gasteiger partial charge in [0.2, 0.25) is 0 Å². The van der Waals surface area contributed by atoms with Crippen LogP contribution in [-0.2, 0) is 0 Å². The smallest absolute Gasteiger partial charge is 0.191 e. The normalized spacial score (nSPS) is 24.5. The number of likely N-dealkylation sites (tertiary alicyclic amines) is 1. The van der Waals surface area contributed by atoms with Crippen LogP contribution in [0, 0.1) is 5.92 Å². The highest BCUT2D eigenvalue weighted by Gasteiger charge is 2.16. The molecule has 2 rings (SSSR count). The van der Waals surface area contributed by atoms with E-state index in [0.717, 1.165) is 31.5 Å². The van der Waals surface area contributed by atoms with E-state index in [0.29, 0.717) is 0 Å². The maximum Gasteiger partial charge on any atom is 0.191 e. The Morgan fingerprint density at radius 3 is 2.56 bits per heavy atom. The summed E-state index contributed by atoms with van der Waals surface area (Å²) >= 11 is 2.01. The second-order valence-corrected chi connectivity index (χ2v) is 6.60. The van der Waals surface area contributed by atoms with Crippen LogP contribution in [0.2, 0.25) is 0 Å². The quantitative estimate of drug-likeness (QED) is 0.616. The minimum atomic E-state index is 0.767. The van der Waals surface area contributed by atoms with E-state index in [1.807, 2.05) is 11.8 Å². The van der Waals surface area contributed by atoms with Crippen LogP contribution in [0.15, 0.2) is 4.99 Å². The molecule has 0 bridgehead atoms. The van der Waals surface area contributed by atoms with Crippen LogP contribution in [0.1, 0.15) is 19.3 Å². The molecular weight excluding hydrogens is 244 g/mol. The van der Waals surface area contributed by atoms with Crippen molar-refractivity contribution >= 4 is 17.7 Å². The summed E-state index contributed by atoms with van der Waals surface area (Å²) < 4.78 is 0. The van der Waals surface area contributed by atoms with Gasteiger partial charge in [0.1, 0.15) is 0 Å². The third-order valence-electron chi connectivity index (χ3n) is 3.98. The Balaban J connectivity index is 1.66. The van der Waals surface area contributed by atoms with Gasteiger partial charge in [0.05, 0.1) is 0 Å². The molecule has 2 heterocycles. The zero-order valence-corrected chi connectivity index (χ0v) is 12.3. The van der Waals surface area contributed by atoms with Gasteiger partial charge in [-0.1, -0.05) is 0 Å². The molecule has 4 nitrogen and oxygen atoms in total. The van der Waals surface area contributed by atoms with Crippen LogP contribution in [0.5, 0.6) is 0 Å². The van der Waals surface area contributed by atoms with Crippen molar-refractivity contribution in [3.8, 4) is 0 Å². The van der Waals surface area contributed by atoms with Gasteiger partial charge in [0.15, 0.2) is 5.96 Å². The van der Waals surface area contributed by atoms with E-state index >= 15 is 0 Å². The molecule has 2 saturated heterocycles. The number of aliphatic imine (C=N–C) groups is 1. The number of piperidine rings is 1. The van der Waals surface area contributed by atoms with E-state index in [1.54, 1.807) is 0 Å². The van der Waals surface area contributed by atoms with Crippen molar-refractivity contribution in [3.05, 3.63) is 0 Å². The Bertz CT molecular complexity index is 268. The van der Waals surface area contributed by atoms with Gasteiger partial charge in [-0.2, -0.15) is 11.8 Å². The molecule has 5 heteroatoms. The topological polar surface area (TPSA) is 44.9 Å². The number of thioether (sulfide) groups is 1. The first kappa shape index (κ1) is 14.0. The first-order chi connectivity index (χ1) is 8.75. The van der Waals surface area contributed by atoms with Crippen LogP contribution >= 0.6 is 11.8 Å². The summed E-state index contributed by atoms with van der Waals surface area (Å²) in [5.41, 5.74) is 6.04. The van der Waals surface area contributed by atoms with Gasteiger partial charge in [0.25, 0.3) is 0 Å². The third-order valence-corrected chi connectivity index (χ3v) is 4.93. The number of nitrogens with two attached hydrogens (primary N) is 1. The van der Waals surface area contributed by atoms with Crippen molar-refractivity contribution in [1.82, 2.24) is 9.80 Å². The Hall–Kier alpha value is -0.420. The van der Waals surface area contributed by atoms with E-state index in [4.69, 9.17) is 5.73 Å². The van der Waals surface area contributed by atoms with Crippen molar-refractivity contribution in [2.45, 2.75) is 19.3 Å². The Morgan fingerprint density at radius 2 is 1.89 bits per heavy atom. The maximum absolute atomic E-state index is 6.04. The molecule has 0 saturated carbocycles. The van der Waals surface area contributed by atoms with Gasteiger partial charge in [-0.3, -0.25) is 4.99 Å². The van der Waals surface area contributed by atoms with Crippen LogP contribution in [-0.4, -0.2) is 67.0 Å². The summed E-state index contributed by atoms with van der Waals surface area (Å²) in [5, 5.41) is 0. The Labute approximate surface area is 115 Å². The molecule has 2 fully saturated rings. The van der Waals surface area contributed by atoms with Crippen molar-refractivity contribution in [2.24, 2.45) is 16.6 Å². The zero-order valence-electron chi connectivity index (χ0n) is 11.5. The van der Waals surface area contributed by atoms with Crippen molar-refractivity contribution in [3.63, 3.8) is 0 Å². The van der Waals surface area contributed by atoms with Gasteiger partial charge in [0, 0.05) is 31.1 Å². The molecule has 2 aliphatic rings. The second-order valence-electron chi connectivity index (χ2n) is 5.37. The average molecular weight is 270 g/mol. The first-order valence-corrected chi connectivity index (χ1v) is 8.22. The highest BCUT2D eigenvalue weighted by atomic mass is 32.2. The van der Waals surface area contributed by atoms with Crippen molar-refractivity contribution in [2.75, 3.05) is 51.3 Å². The minimum absolute atomic E-state index is 0.767. The van der Waals surface area contributed by atoms with E-state index in [1.165, 1.54) is 43.9 Å². The van der Waals surface area contributed by atoms with E-state index < -0.39 is 0 Å². The minimum Gasteiger partial charge on any atom is -0.370 e. The molecule has 0 aromatic rings. The van der Waals surface area contributed by atoms with Crippen LogP contribution in [0.3, 0.4) is 0 Å². The molecule has 0 aliphatic carbocycles. The molecule has 2 N–H and O–H groups in total. The van der Waals surface area contributed by atoms with Gasteiger partial charge in [-0.15, -0.1) is 0 Å². The molecule has 2 aliphatic heterocycles. The molecule has 0 spiro atoms. The number of hydrogen-bond donors (Lipinski definition) is 1. The molecule has 104 valence electrons. The third kappa shape index (κ3) is 4.35. The number of hydrogen-bond acceptors (Lipinski definition) is 3. The number of rotatable bonds is 3. The van der Waals surface area contributed by atoms with Crippen LogP contribution in [0.4, 0.5) is 0 Å². The molecule has 0 aromatic heterocycles. The predicted molar refractivity (Wildman–Crippen MR) is 80.2 cm³/mol. The lowest BCUT2D eigenvalue weighted by Gasteiger charge is -2.29. The molecular formula is C13H26N4S. The van der Waals surface area contributed by atoms with Gasteiger partial charge in [-0.05, 0) is 45.3 Å². The lowest BCUT2D eigenvalue weighted by Crippen LogP contribution is -2.42. The Morgan fingerprint density at radius 1 is 1.22 bits per heavy atom. The lowest BCUT2D eigenvalue weighted by molar-refractivity contribution is 0.214.